The van der Waals surface area contributed by atoms with Crippen molar-refractivity contribution in [2.24, 2.45) is 0 Å². The highest BCUT2D eigenvalue weighted by Gasteiger charge is 2.06. The molecule has 0 fully saturated rings. The lowest BCUT2D eigenvalue weighted by Crippen LogP contribution is -1.86. The van der Waals surface area contributed by atoms with Gasteiger partial charge in [-0.05, 0) is 17.2 Å². The van der Waals surface area contributed by atoms with E-state index in [4.69, 9.17) is 11.6 Å². The topological polar surface area (TPSA) is 0 Å². The van der Waals surface area contributed by atoms with Crippen LogP contribution in [0.25, 0.3) is 11.1 Å². The molecule has 2 heteroatoms. The first-order chi connectivity index (χ1) is 7.33. The van der Waals surface area contributed by atoms with Crippen LogP contribution in [0, 0.1) is 0 Å². The van der Waals surface area contributed by atoms with Gasteiger partial charge in [0.05, 0.1) is 0 Å². The summed E-state index contributed by atoms with van der Waals surface area (Å²) in [6.45, 7) is -0.471. The molecule has 15 heavy (non-hydrogen) atoms. The Morgan fingerprint density at radius 2 is 1.47 bits per heavy atom. The van der Waals surface area contributed by atoms with Crippen molar-refractivity contribution in [2.75, 3.05) is 0 Å². The van der Waals surface area contributed by atoms with Crippen LogP contribution in [0.5, 0.6) is 0 Å². The van der Waals surface area contributed by atoms with E-state index in [0.29, 0.717) is 10.6 Å². The van der Waals surface area contributed by atoms with Crippen molar-refractivity contribution in [1.29, 1.82) is 0 Å². The first-order valence-corrected chi connectivity index (χ1v) is 5.09. The Morgan fingerprint density at radius 3 is 2.13 bits per heavy atom. The van der Waals surface area contributed by atoms with E-state index in [1.165, 1.54) is 0 Å². The van der Waals surface area contributed by atoms with E-state index in [-0.39, 0.29) is 0 Å². The van der Waals surface area contributed by atoms with Gasteiger partial charge < -0.3 is 0 Å². The van der Waals surface area contributed by atoms with Crippen LogP contribution in [0.15, 0.2) is 48.5 Å². The van der Waals surface area contributed by atoms with Crippen molar-refractivity contribution >= 4 is 11.6 Å². The molecule has 0 aliphatic rings. The molecule has 0 unspecified atom stereocenters. The smallest absolute Gasteiger partial charge is 0.115 e. The molecule has 0 radical (unpaired) electrons. The molecule has 0 saturated carbocycles. The molecular weight excluding hydrogens is 211 g/mol. The maximum absolute atomic E-state index is 12.8. The second kappa shape index (κ2) is 4.45. The van der Waals surface area contributed by atoms with Gasteiger partial charge in [0, 0.05) is 10.6 Å². The van der Waals surface area contributed by atoms with Crippen LogP contribution in [-0.2, 0) is 6.67 Å². The maximum atomic E-state index is 12.8. The Hall–Kier alpha value is -1.34. The zero-order chi connectivity index (χ0) is 10.7. The Morgan fingerprint density at radius 1 is 0.867 bits per heavy atom. The summed E-state index contributed by atoms with van der Waals surface area (Å²) >= 11 is 6.07. The second-order valence-electron chi connectivity index (χ2n) is 3.27. The molecule has 0 atom stereocenters. The number of hydrogen-bond acceptors (Lipinski definition) is 0. The summed E-state index contributed by atoms with van der Waals surface area (Å²) in [5.74, 6) is 0. The number of alkyl halides is 1. The van der Waals surface area contributed by atoms with Gasteiger partial charge in [-0.25, -0.2) is 4.39 Å². The SMILES string of the molecule is FCc1ccccc1-c1ccccc1Cl. The van der Waals surface area contributed by atoms with Gasteiger partial charge in [0.25, 0.3) is 0 Å². The molecular formula is C13H10ClF. The highest BCUT2D eigenvalue weighted by Crippen LogP contribution is 2.30. The van der Waals surface area contributed by atoms with Crippen LogP contribution in [0.4, 0.5) is 4.39 Å². The monoisotopic (exact) mass is 220 g/mol. The predicted octanol–water partition coefficient (Wildman–Crippen LogP) is 4.48. The Bertz CT molecular complexity index is 466. The van der Waals surface area contributed by atoms with E-state index in [1.807, 2.05) is 42.5 Å². The van der Waals surface area contributed by atoms with Gasteiger partial charge in [-0.3, -0.25) is 0 Å². The van der Waals surface area contributed by atoms with Gasteiger partial charge in [0.2, 0.25) is 0 Å². The van der Waals surface area contributed by atoms with Gasteiger partial charge in [-0.15, -0.1) is 0 Å². The zero-order valence-corrected chi connectivity index (χ0v) is 8.84. The summed E-state index contributed by atoms with van der Waals surface area (Å²) in [4.78, 5) is 0. The number of halogens is 2. The molecule has 0 amide bonds. The molecule has 2 rings (SSSR count). The van der Waals surface area contributed by atoms with Crippen LogP contribution < -0.4 is 0 Å². The Balaban J connectivity index is 2.59. The summed E-state index contributed by atoms with van der Waals surface area (Å²) < 4.78 is 12.8. The molecule has 0 nitrogen and oxygen atoms in total. The van der Waals surface area contributed by atoms with Crippen LogP contribution in [0.1, 0.15) is 5.56 Å². The average molecular weight is 221 g/mol. The normalized spacial score (nSPS) is 10.3. The van der Waals surface area contributed by atoms with Crippen molar-refractivity contribution < 1.29 is 4.39 Å². The number of hydrogen-bond donors (Lipinski definition) is 0. The average Bonchev–Trinajstić information content (AvgIpc) is 2.30. The Kier molecular flexibility index (Phi) is 3.02. The van der Waals surface area contributed by atoms with Crippen molar-refractivity contribution in [1.82, 2.24) is 0 Å². The number of rotatable bonds is 2. The van der Waals surface area contributed by atoms with Gasteiger partial charge in [0.15, 0.2) is 0 Å². The van der Waals surface area contributed by atoms with Crippen molar-refractivity contribution in [3.8, 4) is 11.1 Å². The lowest BCUT2D eigenvalue weighted by Gasteiger charge is -2.07. The van der Waals surface area contributed by atoms with Gasteiger partial charge in [0.1, 0.15) is 6.67 Å². The highest BCUT2D eigenvalue weighted by atomic mass is 35.5. The molecule has 0 bridgehead atoms. The minimum Gasteiger partial charge on any atom is -0.246 e. The fraction of sp³-hybridized carbons (Fsp3) is 0.0769. The second-order valence-corrected chi connectivity index (χ2v) is 3.68. The largest absolute Gasteiger partial charge is 0.246 e. The molecule has 0 spiro atoms. The fourth-order valence-corrected chi connectivity index (χ4v) is 1.82. The fourth-order valence-electron chi connectivity index (χ4n) is 1.58. The first kappa shape index (κ1) is 10.2. The van der Waals surface area contributed by atoms with Crippen molar-refractivity contribution in [3.05, 3.63) is 59.1 Å². The van der Waals surface area contributed by atoms with Crippen molar-refractivity contribution in [2.45, 2.75) is 6.67 Å². The molecule has 0 saturated heterocycles. The minimum atomic E-state index is -0.471. The van der Waals surface area contributed by atoms with Crippen LogP contribution in [-0.4, -0.2) is 0 Å². The summed E-state index contributed by atoms with van der Waals surface area (Å²) in [5.41, 5.74) is 2.42. The van der Waals surface area contributed by atoms with Gasteiger partial charge in [-0.1, -0.05) is 54.1 Å². The van der Waals surface area contributed by atoms with Crippen molar-refractivity contribution in [3.63, 3.8) is 0 Å². The molecule has 0 aliphatic heterocycles. The molecule has 0 aromatic heterocycles. The maximum Gasteiger partial charge on any atom is 0.115 e. The van der Waals surface area contributed by atoms with Crippen LogP contribution in [0.3, 0.4) is 0 Å². The molecule has 2 aromatic rings. The molecule has 76 valence electrons. The third kappa shape index (κ3) is 2.02. The van der Waals surface area contributed by atoms with E-state index in [9.17, 15) is 4.39 Å². The quantitative estimate of drug-likeness (QED) is 0.700. The van der Waals surface area contributed by atoms with Crippen LogP contribution >= 0.6 is 11.6 Å². The predicted molar refractivity (Wildman–Crippen MR) is 61.7 cm³/mol. The molecule has 0 heterocycles. The van der Waals surface area contributed by atoms with E-state index < -0.39 is 6.67 Å². The van der Waals surface area contributed by atoms with Gasteiger partial charge in [-0.2, -0.15) is 0 Å². The molecule has 0 N–H and O–H groups in total. The molecule has 2 aromatic carbocycles. The summed E-state index contributed by atoms with van der Waals surface area (Å²) in [7, 11) is 0. The highest BCUT2D eigenvalue weighted by molar-refractivity contribution is 6.33. The van der Waals surface area contributed by atoms with E-state index >= 15 is 0 Å². The summed E-state index contributed by atoms with van der Waals surface area (Å²) in [5, 5.41) is 0.651. The summed E-state index contributed by atoms with van der Waals surface area (Å²) in [6.07, 6.45) is 0. The van der Waals surface area contributed by atoms with E-state index in [2.05, 4.69) is 0 Å². The standard InChI is InChI=1S/C13H10ClF/c14-13-8-4-3-7-12(13)11-6-2-1-5-10(11)9-15/h1-8H,9H2. The van der Waals surface area contributed by atoms with E-state index in [0.717, 1.165) is 11.1 Å². The number of benzene rings is 2. The third-order valence-corrected chi connectivity index (χ3v) is 2.65. The zero-order valence-electron chi connectivity index (χ0n) is 8.08. The lowest BCUT2D eigenvalue weighted by molar-refractivity contribution is 0.486. The minimum absolute atomic E-state index is 0.471. The first-order valence-electron chi connectivity index (χ1n) is 4.71. The lowest BCUT2D eigenvalue weighted by atomic mass is 10.0. The van der Waals surface area contributed by atoms with E-state index in [1.54, 1.807) is 6.07 Å². The Labute approximate surface area is 93.3 Å². The molecule has 0 aliphatic carbocycles. The van der Waals surface area contributed by atoms with Gasteiger partial charge >= 0.3 is 0 Å². The summed E-state index contributed by atoms with van der Waals surface area (Å²) in [6, 6.07) is 14.9. The van der Waals surface area contributed by atoms with Crippen LogP contribution in [0.2, 0.25) is 5.02 Å². The third-order valence-electron chi connectivity index (χ3n) is 2.33.